The van der Waals surface area contributed by atoms with E-state index in [-0.39, 0.29) is 6.54 Å². The highest BCUT2D eigenvalue weighted by molar-refractivity contribution is 5.28. The lowest BCUT2D eigenvalue weighted by molar-refractivity contribution is 0.0904. The lowest BCUT2D eigenvalue weighted by Gasteiger charge is -2.18. The molecule has 1 aromatic rings. The minimum Gasteiger partial charge on any atom is -0.297 e. The molecule has 0 radical (unpaired) electrons. The van der Waals surface area contributed by atoms with Crippen LogP contribution in [-0.4, -0.2) is 31.0 Å². The predicted molar refractivity (Wildman–Crippen MR) is 56.3 cm³/mol. The van der Waals surface area contributed by atoms with Crippen molar-refractivity contribution in [1.29, 1.82) is 0 Å². The third-order valence-corrected chi connectivity index (χ3v) is 2.91. The van der Waals surface area contributed by atoms with Gasteiger partial charge in [0.05, 0.1) is 6.54 Å². The third kappa shape index (κ3) is 2.75. The Morgan fingerprint density at radius 2 is 1.60 bits per heavy atom. The van der Waals surface area contributed by atoms with E-state index >= 15 is 0 Å². The molecular formula is C12H15F2N. The van der Waals surface area contributed by atoms with Crippen LogP contribution in [0.5, 0.6) is 0 Å². The first-order valence-corrected chi connectivity index (χ1v) is 5.33. The number of fused-ring (bicyclic) bond motifs is 1. The van der Waals surface area contributed by atoms with Gasteiger partial charge in [0.25, 0.3) is 6.43 Å². The van der Waals surface area contributed by atoms with Crippen LogP contribution in [0.4, 0.5) is 8.78 Å². The number of benzene rings is 1. The lowest BCUT2D eigenvalue weighted by Crippen LogP contribution is -2.31. The van der Waals surface area contributed by atoms with Crippen molar-refractivity contribution in [2.24, 2.45) is 0 Å². The molecular weight excluding hydrogens is 196 g/mol. The maximum absolute atomic E-state index is 12.2. The molecule has 1 nitrogen and oxygen atoms in total. The Balaban J connectivity index is 2.02. The van der Waals surface area contributed by atoms with Gasteiger partial charge in [-0.3, -0.25) is 4.90 Å². The molecule has 1 aliphatic rings. The molecule has 0 aromatic heterocycles. The topological polar surface area (TPSA) is 3.24 Å². The van der Waals surface area contributed by atoms with Gasteiger partial charge in [0, 0.05) is 13.1 Å². The fourth-order valence-electron chi connectivity index (χ4n) is 2.09. The number of hydrogen-bond donors (Lipinski definition) is 0. The van der Waals surface area contributed by atoms with E-state index in [1.165, 1.54) is 11.1 Å². The second kappa shape index (κ2) is 4.71. The first-order chi connectivity index (χ1) is 7.25. The molecule has 0 spiro atoms. The zero-order valence-electron chi connectivity index (χ0n) is 8.63. The van der Waals surface area contributed by atoms with Crippen molar-refractivity contribution in [2.75, 3.05) is 19.6 Å². The summed E-state index contributed by atoms with van der Waals surface area (Å²) in [6, 6.07) is 8.23. The average molecular weight is 211 g/mol. The van der Waals surface area contributed by atoms with E-state index in [1.807, 2.05) is 17.0 Å². The molecule has 0 saturated heterocycles. The van der Waals surface area contributed by atoms with E-state index in [4.69, 9.17) is 0 Å². The monoisotopic (exact) mass is 211 g/mol. The molecule has 3 heteroatoms. The maximum atomic E-state index is 12.2. The third-order valence-electron chi connectivity index (χ3n) is 2.91. The summed E-state index contributed by atoms with van der Waals surface area (Å²) in [5.74, 6) is 0. The van der Waals surface area contributed by atoms with Crippen molar-refractivity contribution < 1.29 is 8.78 Å². The van der Waals surface area contributed by atoms with Crippen LogP contribution in [0.25, 0.3) is 0 Å². The molecule has 0 aliphatic carbocycles. The van der Waals surface area contributed by atoms with Crippen LogP contribution in [0.2, 0.25) is 0 Å². The summed E-state index contributed by atoms with van der Waals surface area (Å²) >= 11 is 0. The van der Waals surface area contributed by atoms with Gasteiger partial charge in [0.15, 0.2) is 0 Å². The molecule has 0 unspecified atom stereocenters. The quantitative estimate of drug-likeness (QED) is 0.725. The molecule has 0 amide bonds. The van der Waals surface area contributed by atoms with Crippen LogP contribution in [0.1, 0.15) is 11.1 Å². The van der Waals surface area contributed by atoms with Crippen molar-refractivity contribution in [2.45, 2.75) is 19.3 Å². The summed E-state index contributed by atoms with van der Waals surface area (Å²) in [5, 5.41) is 0. The summed E-state index contributed by atoms with van der Waals surface area (Å²) in [4.78, 5) is 1.85. The Hall–Kier alpha value is -0.960. The van der Waals surface area contributed by atoms with Gasteiger partial charge in [-0.1, -0.05) is 24.3 Å². The van der Waals surface area contributed by atoms with Gasteiger partial charge in [-0.15, -0.1) is 0 Å². The largest absolute Gasteiger partial charge is 0.297 e. The standard InChI is InChI=1S/C12H15F2N/c13-12(14)9-15-7-5-10-3-1-2-4-11(10)6-8-15/h1-4,12H,5-9H2. The van der Waals surface area contributed by atoms with Crippen molar-refractivity contribution in [3.05, 3.63) is 35.4 Å². The highest BCUT2D eigenvalue weighted by Gasteiger charge is 2.16. The van der Waals surface area contributed by atoms with Crippen LogP contribution in [0.15, 0.2) is 24.3 Å². The molecule has 15 heavy (non-hydrogen) atoms. The SMILES string of the molecule is FC(F)CN1CCc2ccccc2CC1. The van der Waals surface area contributed by atoms with E-state index in [1.54, 1.807) is 0 Å². The van der Waals surface area contributed by atoms with Crippen LogP contribution in [0.3, 0.4) is 0 Å². The molecule has 1 aliphatic heterocycles. The fourth-order valence-corrected chi connectivity index (χ4v) is 2.09. The normalized spacial score (nSPS) is 17.5. The Morgan fingerprint density at radius 1 is 1.07 bits per heavy atom. The summed E-state index contributed by atoms with van der Waals surface area (Å²) in [6.07, 6.45) is -0.433. The Morgan fingerprint density at radius 3 is 2.07 bits per heavy atom. The lowest BCUT2D eigenvalue weighted by atomic mass is 10.0. The van der Waals surface area contributed by atoms with Crippen LogP contribution < -0.4 is 0 Å². The Bertz CT molecular complexity index is 298. The molecule has 82 valence electrons. The first kappa shape index (κ1) is 10.6. The minimum absolute atomic E-state index is 0.0893. The summed E-state index contributed by atoms with van der Waals surface area (Å²) in [5.41, 5.74) is 2.63. The molecule has 1 heterocycles. The molecule has 0 saturated carbocycles. The van der Waals surface area contributed by atoms with Crippen molar-refractivity contribution >= 4 is 0 Å². The highest BCUT2D eigenvalue weighted by Crippen LogP contribution is 2.15. The predicted octanol–water partition coefficient (Wildman–Crippen LogP) is 2.35. The summed E-state index contributed by atoms with van der Waals surface area (Å²) < 4.78 is 24.5. The Labute approximate surface area is 88.7 Å². The molecule has 1 aromatic carbocycles. The van der Waals surface area contributed by atoms with E-state index in [0.717, 1.165) is 25.9 Å². The van der Waals surface area contributed by atoms with Crippen LogP contribution in [-0.2, 0) is 12.8 Å². The minimum atomic E-state index is -2.22. The average Bonchev–Trinajstić information content (AvgIpc) is 2.41. The zero-order valence-corrected chi connectivity index (χ0v) is 8.63. The highest BCUT2D eigenvalue weighted by atomic mass is 19.3. The number of rotatable bonds is 2. The number of alkyl halides is 2. The second-order valence-corrected chi connectivity index (χ2v) is 3.96. The zero-order chi connectivity index (χ0) is 10.7. The first-order valence-electron chi connectivity index (χ1n) is 5.33. The van der Waals surface area contributed by atoms with Crippen molar-refractivity contribution in [3.8, 4) is 0 Å². The van der Waals surface area contributed by atoms with Crippen LogP contribution >= 0.6 is 0 Å². The van der Waals surface area contributed by atoms with Gasteiger partial charge in [0.2, 0.25) is 0 Å². The van der Waals surface area contributed by atoms with Gasteiger partial charge >= 0.3 is 0 Å². The molecule has 0 bridgehead atoms. The molecule has 0 atom stereocenters. The van der Waals surface area contributed by atoms with Crippen molar-refractivity contribution in [1.82, 2.24) is 4.90 Å². The smallest absolute Gasteiger partial charge is 0.251 e. The Kier molecular flexibility index (Phi) is 3.31. The second-order valence-electron chi connectivity index (χ2n) is 3.96. The number of hydrogen-bond acceptors (Lipinski definition) is 1. The van der Waals surface area contributed by atoms with E-state index in [2.05, 4.69) is 12.1 Å². The molecule has 0 fully saturated rings. The van der Waals surface area contributed by atoms with Crippen molar-refractivity contribution in [3.63, 3.8) is 0 Å². The number of halogens is 2. The van der Waals surface area contributed by atoms with Gasteiger partial charge in [-0.2, -0.15) is 0 Å². The van der Waals surface area contributed by atoms with Gasteiger partial charge < -0.3 is 0 Å². The molecule has 2 rings (SSSR count). The summed E-state index contributed by atoms with van der Waals surface area (Å²) in [7, 11) is 0. The van der Waals surface area contributed by atoms with E-state index < -0.39 is 6.43 Å². The van der Waals surface area contributed by atoms with E-state index in [9.17, 15) is 8.78 Å². The van der Waals surface area contributed by atoms with Gasteiger partial charge in [-0.05, 0) is 24.0 Å². The maximum Gasteiger partial charge on any atom is 0.251 e. The van der Waals surface area contributed by atoms with Gasteiger partial charge in [-0.25, -0.2) is 8.78 Å². The molecule has 0 N–H and O–H groups in total. The van der Waals surface area contributed by atoms with Crippen LogP contribution in [0, 0.1) is 0 Å². The fraction of sp³-hybridized carbons (Fsp3) is 0.500. The van der Waals surface area contributed by atoms with Gasteiger partial charge in [0.1, 0.15) is 0 Å². The number of nitrogens with zero attached hydrogens (tertiary/aromatic N) is 1. The van der Waals surface area contributed by atoms with E-state index in [0.29, 0.717) is 0 Å². The summed E-state index contributed by atoms with van der Waals surface area (Å²) in [6.45, 7) is 1.41.